The van der Waals surface area contributed by atoms with Crippen molar-refractivity contribution in [2.45, 2.75) is 0 Å². The highest BCUT2D eigenvalue weighted by molar-refractivity contribution is 7.78. The lowest BCUT2D eigenvalue weighted by Crippen LogP contribution is -1.85. The van der Waals surface area contributed by atoms with Crippen molar-refractivity contribution in [1.82, 2.24) is 0 Å². The number of para-hydroxylation sites is 1. The van der Waals surface area contributed by atoms with E-state index in [1.807, 2.05) is 66.7 Å². The van der Waals surface area contributed by atoms with Crippen LogP contribution in [0.25, 0.3) is 10.8 Å². The zero-order chi connectivity index (χ0) is 13.8. The summed E-state index contributed by atoms with van der Waals surface area (Å²) in [6, 6.07) is 21.5. The molecule has 20 heavy (non-hydrogen) atoms. The monoisotopic (exact) mass is 277 g/mol. The lowest BCUT2D eigenvalue weighted by molar-refractivity contribution is 0.485. The molecule has 3 aromatic rings. The van der Waals surface area contributed by atoms with Gasteiger partial charge in [0.25, 0.3) is 0 Å². The van der Waals surface area contributed by atoms with Crippen molar-refractivity contribution >= 4 is 33.8 Å². The zero-order valence-electron chi connectivity index (χ0n) is 10.6. The fourth-order valence-corrected chi connectivity index (χ4v) is 2.19. The van der Waals surface area contributed by atoms with Gasteiger partial charge < -0.3 is 4.74 Å². The number of nitrogens with zero attached hydrogens (tertiary/aromatic N) is 1. The van der Waals surface area contributed by atoms with Gasteiger partial charge in [0.05, 0.1) is 5.16 Å². The van der Waals surface area contributed by atoms with Crippen LogP contribution in [-0.2, 0) is 0 Å². The topological polar surface area (TPSA) is 21.6 Å². The van der Waals surface area contributed by atoms with Crippen LogP contribution in [0.3, 0.4) is 0 Å². The predicted molar refractivity (Wildman–Crippen MR) is 85.2 cm³/mol. The van der Waals surface area contributed by atoms with Gasteiger partial charge in [0.2, 0.25) is 0 Å². The fourth-order valence-electron chi connectivity index (χ4n) is 2.09. The highest BCUT2D eigenvalue weighted by atomic mass is 32.1. The Labute approximate surface area is 122 Å². The molecule has 0 aliphatic heterocycles. The Balaban J connectivity index is 2.15. The van der Waals surface area contributed by atoms with E-state index in [2.05, 4.69) is 10.2 Å². The summed E-state index contributed by atoms with van der Waals surface area (Å²) in [5, 5.41) is 4.52. The molecule has 0 spiro atoms. The van der Waals surface area contributed by atoms with E-state index < -0.39 is 0 Å². The van der Waals surface area contributed by atoms with Crippen LogP contribution < -0.4 is 4.74 Å². The summed E-state index contributed by atoms with van der Waals surface area (Å²) >= 11 is 4.75. The van der Waals surface area contributed by atoms with E-state index in [4.69, 9.17) is 17.0 Å². The smallest absolute Gasteiger partial charge is 0.154 e. The van der Waals surface area contributed by atoms with E-state index in [-0.39, 0.29) is 0 Å². The van der Waals surface area contributed by atoms with E-state index >= 15 is 0 Å². The number of rotatable bonds is 3. The van der Waals surface area contributed by atoms with E-state index in [0.29, 0.717) is 11.4 Å². The molecule has 0 aliphatic carbocycles. The van der Waals surface area contributed by atoms with Gasteiger partial charge in [-0.1, -0.05) is 48.5 Å². The molecule has 0 atom stereocenters. The van der Waals surface area contributed by atoms with Gasteiger partial charge in [-0.3, -0.25) is 0 Å². The van der Waals surface area contributed by atoms with Crippen LogP contribution in [-0.4, -0.2) is 5.16 Å². The standard InChI is InChI=1S/C17H11NOS/c20-12-18-17-15-9-5-4-6-13(15)10-11-16(17)19-14-7-2-1-3-8-14/h1-11H. The average molecular weight is 277 g/mol. The lowest BCUT2D eigenvalue weighted by Gasteiger charge is -2.10. The van der Waals surface area contributed by atoms with Gasteiger partial charge in [-0.05, 0) is 35.8 Å². The minimum Gasteiger partial charge on any atom is -0.455 e. The molecule has 0 amide bonds. The Kier molecular flexibility index (Phi) is 3.55. The first-order valence-corrected chi connectivity index (χ1v) is 6.62. The molecule has 3 rings (SSSR count). The maximum atomic E-state index is 5.89. The van der Waals surface area contributed by atoms with Crippen LogP contribution in [0.1, 0.15) is 0 Å². The molecule has 0 saturated heterocycles. The van der Waals surface area contributed by atoms with Gasteiger partial charge in [0, 0.05) is 5.39 Å². The molecule has 0 fully saturated rings. The number of aliphatic imine (C=N–C) groups is 1. The molecule has 3 heteroatoms. The normalized spacial score (nSPS) is 10.0. The molecule has 0 radical (unpaired) electrons. The minimum absolute atomic E-state index is 0.673. The molecule has 0 heterocycles. The maximum absolute atomic E-state index is 5.89. The van der Waals surface area contributed by atoms with Crippen molar-refractivity contribution in [3.05, 3.63) is 66.7 Å². The van der Waals surface area contributed by atoms with Crippen molar-refractivity contribution in [3.63, 3.8) is 0 Å². The van der Waals surface area contributed by atoms with Crippen LogP contribution in [0.5, 0.6) is 11.5 Å². The number of thiocarbonyl (C=S) groups is 1. The second kappa shape index (κ2) is 5.66. The summed E-state index contributed by atoms with van der Waals surface area (Å²) in [5.41, 5.74) is 0.710. The third kappa shape index (κ3) is 2.45. The average Bonchev–Trinajstić information content (AvgIpc) is 2.51. The summed E-state index contributed by atoms with van der Waals surface area (Å²) in [6.07, 6.45) is 0. The fraction of sp³-hybridized carbons (Fsp3) is 0. The summed E-state index contributed by atoms with van der Waals surface area (Å²) in [7, 11) is 0. The molecule has 2 nitrogen and oxygen atoms in total. The zero-order valence-corrected chi connectivity index (χ0v) is 11.4. The minimum atomic E-state index is 0.673. The molecular weight excluding hydrogens is 266 g/mol. The Morgan fingerprint density at radius 2 is 1.60 bits per heavy atom. The highest BCUT2D eigenvalue weighted by Gasteiger charge is 2.08. The Hall–Kier alpha value is -2.48. The molecule has 0 unspecified atom stereocenters. The summed E-state index contributed by atoms with van der Waals surface area (Å²) in [5.74, 6) is 1.44. The van der Waals surface area contributed by atoms with Crippen molar-refractivity contribution in [3.8, 4) is 11.5 Å². The first-order valence-electron chi connectivity index (χ1n) is 6.21. The largest absolute Gasteiger partial charge is 0.455 e. The van der Waals surface area contributed by atoms with Crippen LogP contribution in [0, 0.1) is 0 Å². The SMILES string of the molecule is S=C=Nc1c(Oc2ccccc2)ccc2ccccc12. The van der Waals surface area contributed by atoms with Gasteiger partial charge in [0.15, 0.2) is 5.75 Å². The van der Waals surface area contributed by atoms with Crippen molar-refractivity contribution < 1.29 is 4.74 Å². The molecule has 0 N–H and O–H groups in total. The summed E-state index contributed by atoms with van der Waals surface area (Å²) < 4.78 is 5.89. The first-order chi connectivity index (χ1) is 9.88. The molecule has 0 aromatic heterocycles. The van der Waals surface area contributed by atoms with E-state index in [9.17, 15) is 0 Å². The third-order valence-electron chi connectivity index (χ3n) is 2.99. The van der Waals surface area contributed by atoms with E-state index in [1.54, 1.807) is 0 Å². The molecule has 0 aliphatic rings. The Morgan fingerprint density at radius 3 is 2.40 bits per heavy atom. The number of fused-ring (bicyclic) bond motifs is 1. The van der Waals surface area contributed by atoms with Crippen LogP contribution >= 0.6 is 12.2 Å². The van der Waals surface area contributed by atoms with Crippen molar-refractivity contribution in [2.24, 2.45) is 4.99 Å². The van der Waals surface area contributed by atoms with Gasteiger partial charge in [-0.2, -0.15) is 4.99 Å². The summed E-state index contributed by atoms with van der Waals surface area (Å²) in [4.78, 5) is 4.17. The second-order valence-corrected chi connectivity index (χ2v) is 4.43. The van der Waals surface area contributed by atoms with E-state index in [1.165, 1.54) is 0 Å². The highest BCUT2D eigenvalue weighted by Crippen LogP contribution is 2.37. The number of benzene rings is 3. The number of hydrogen-bond donors (Lipinski definition) is 0. The van der Waals surface area contributed by atoms with Gasteiger partial charge >= 0.3 is 0 Å². The van der Waals surface area contributed by atoms with Crippen LogP contribution in [0.4, 0.5) is 5.69 Å². The van der Waals surface area contributed by atoms with E-state index in [0.717, 1.165) is 16.5 Å². The Bertz CT molecular complexity index is 792. The van der Waals surface area contributed by atoms with Crippen LogP contribution in [0.15, 0.2) is 71.7 Å². The number of hydrogen-bond acceptors (Lipinski definition) is 3. The molecule has 0 bridgehead atoms. The first kappa shape index (κ1) is 12.5. The van der Waals surface area contributed by atoms with Gasteiger partial charge in [0.1, 0.15) is 11.4 Å². The number of isothiocyanates is 1. The second-order valence-electron chi connectivity index (χ2n) is 4.25. The quantitative estimate of drug-likeness (QED) is 0.474. The van der Waals surface area contributed by atoms with Crippen LogP contribution in [0.2, 0.25) is 0 Å². The molecule has 96 valence electrons. The Morgan fingerprint density at radius 1 is 0.850 bits per heavy atom. The van der Waals surface area contributed by atoms with Crippen molar-refractivity contribution in [2.75, 3.05) is 0 Å². The van der Waals surface area contributed by atoms with Crippen molar-refractivity contribution in [1.29, 1.82) is 0 Å². The maximum Gasteiger partial charge on any atom is 0.154 e. The molecular formula is C17H11NOS. The lowest BCUT2D eigenvalue weighted by atomic mass is 10.1. The van der Waals surface area contributed by atoms with Gasteiger partial charge in [-0.15, -0.1) is 0 Å². The third-order valence-corrected chi connectivity index (χ3v) is 3.08. The molecule has 3 aromatic carbocycles. The predicted octanol–water partition coefficient (Wildman–Crippen LogP) is 5.37. The number of ether oxygens (including phenoxy) is 1. The molecule has 0 saturated carbocycles. The van der Waals surface area contributed by atoms with Gasteiger partial charge in [-0.25, -0.2) is 0 Å². The summed E-state index contributed by atoms with van der Waals surface area (Å²) in [6.45, 7) is 0.